The third kappa shape index (κ3) is 6.39. The van der Waals surface area contributed by atoms with Crippen molar-refractivity contribution >= 4 is 27.3 Å². The van der Waals surface area contributed by atoms with Crippen LogP contribution < -0.4 is 10.0 Å². The Bertz CT molecular complexity index is 1250. The highest BCUT2D eigenvalue weighted by Crippen LogP contribution is 2.20. The number of hydrogen-bond donors (Lipinski definition) is 2. The smallest absolute Gasteiger partial charge is 0.261 e. The van der Waals surface area contributed by atoms with E-state index in [1.54, 1.807) is 12.1 Å². The summed E-state index contributed by atoms with van der Waals surface area (Å²) >= 11 is 0. The van der Waals surface area contributed by atoms with Crippen LogP contribution in [0.3, 0.4) is 0 Å². The van der Waals surface area contributed by atoms with Crippen molar-refractivity contribution in [2.45, 2.75) is 38.3 Å². The monoisotopic (exact) mass is 487 g/mol. The normalized spacial score (nSPS) is 11.6. The van der Waals surface area contributed by atoms with Gasteiger partial charge in [-0.3, -0.25) is 14.4 Å². The average Bonchev–Trinajstić information content (AvgIpc) is 2.80. The van der Waals surface area contributed by atoms with E-state index in [-0.39, 0.29) is 11.6 Å². The van der Waals surface area contributed by atoms with Gasteiger partial charge in [0.25, 0.3) is 15.9 Å². The van der Waals surface area contributed by atoms with Gasteiger partial charge in [-0.25, -0.2) is 17.2 Å². The highest BCUT2D eigenvalue weighted by molar-refractivity contribution is 7.92. The van der Waals surface area contributed by atoms with Crippen LogP contribution >= 0.6 is 0 Å². The Kier molecular flexibility index (Phi) is 8.01. The first-order chi connectivity index (χ1) is 16.1. The summed E-state index contributed by atoms with van der Waals surface area (Å²) in [6.45, 7) is 8.14. The number of carbonyl (C=O) groups is 1. The van der Waals surface area contributed by atoms with Gasteiger partial charge < -0.3 is 5.32 Å². The van der Waals surface area contributed by atoms with Crippen LogP contribution in [-0.4, -0.2) is 31.8 Å². The topological polar surface area (TPSA) is 78.5 Å². The molecular formula is C25H27F2N3O3S. The van der Waals surface area contributed by atoms with Crippen LogP contribution in [0.15, 0.2) is 71.6 Å². The standard InChI is InChI=1S/C25H27F2N3O3S/c1-4-30(17(2)3)16-18-5-7-19(8-6-18)25(31)28-20-9-11-21(12-10-20)29-34(32,33)22-13-14-23(26)24(27)15-22/h5-15,17,29H,4,16H2,1-3H3,(H,28,31). The Hall–Kier alpha value is -3.30. The van der Waals surface area contributed by atoms with E-state index in [9.17, 15) is 22.0 Å². The van der Waals surface area contributed by atoms with Gasteiger partial charge in [-0.05, 0) is 80.6 Å². The van der Waals surface area contributed by atoms with Crippen LogP contribution in [0, 0.1) is 11.6 Å². The third-order valence-electron chi connectivity index (χ3n) is 5.33. The van der Waals surface area contributed by atoms with Gasteiger partial charge in [0, 0.05) is 29.5 Å². The van der Waals surface area contributed by atoms with Gasteiger partial charge in [-0.2, -0.15) is 0 Å². The summed E-state index contributed by atoms with van der Waals surface area (Å²) in [4.78, 5) is 14.5. The lowest BCUT2D eigenvalue weighted by molar-refractivity contribution is 0.102. The molecule has 0 unspecified atom stereocenters. The number of benzene rings is 3. The molecule has 3 rings (SSSR count). The molecule has 6 nitrogen and oxygen atoms in total. The Labute approximate surface area is 198 Å². The molecule has 0 saturated heterocycles. The Morgan fingerprint density at radius 3 is 2.09 bits per heavy atom. The third-order valence-corrected chi connectivity index (χ3v) is 6.71. The van der Waals surface area contributed by atoms with E-state index < -0.39 is 26.6 Å². The molecule has 0 aliphatic heterocycles. The Morgan fingerprint density at radius 1 is 0.912 bits per heavy atom. The molecule has 3 aromatic rings. The molecule has 0 bridgehead atoms. The first kappa shape index (κ1) is 25.3. The zero-order valence-corrected chi connectivity index (χ0v) is 20.0. The summed E-state index contributed by atoms with van der Waals surface area (Å²) in [5, 5.41) is 2.77. The summed E-state index contributed by atoms with van der Waals surface area (Å²) in [6, 6.07) is 16.1. The van der Waals surface area contributed by atoms with E-state index in [1.807, 2.05) is 12.1 Å². The fourth-order valence-corrected chi connectivity index (χ4v) is 4.41. The van der Waals surface area contributed by atoms with E-state index in [4.69, 9.17) is 0 Å². The van der Waals surface area contributed by atoms with Crippen LogP contribution in [0.1, 0.15) is 36.7 Å². The molecule has 2 N–H and O–H groups in total. The van der Waals surface area contributed by atoms with Gasteiger partial charge in [0.2, 0.25) is 0 Å². The molecule has 34 heavy (non-hydrogen) atoms. The fourth-order valence-electron chi connectivity index (χ4n) is 3.34. The van der Waals surface area contributed by atoms with Crippen molar-refractivity contribution in [1.29, 1.82) is 0 Å². The van der Waals surface area contributed by atoms with Crippen molar-refractivity contribution < 1.29 is 22.0 Å². The largest absolute Gasteiger partial charge is 0.322 e. The van der Waals surface area contributed by atoms with E-state index >= 15 is 0 Å². The van der Waals surface area contributed by atoms with Gasteiger partial charge in [-0.1, -0.05) is 19.1 Å². The van der Waals surface area contributed by atoms with Gasteiger partial charge >= 0.3 is 0 Å². The predicted molar refractivity (Wildman–Crippen MR) is 129 cm³/mol. The zero-order valence-electron chi connectivity index (χ0n) is 19.2. The molecule has 9 heteroatoms. The van der Waals surface area contributed by atoms with Crippen molar-refractivity contribution in [3.05, 3.63) is 89.5 Å². The quantitative estimate of drug-likeness (QED) is 0.432. The van der Waals surface area contributed by atoms with Gasteiger partial charge in [-0.15, -0.1) is 0 Å². The molecule has 180 valence electrons. The number of hydrogen-bond acceptors (Lipinski definition) is 4. The molecule has 0 spiro atoms. The maximum atomic E-state index is 13.4. The van der Waals surface area contributed by atoms with Crippen molar-refractivity contribution in [2.75, 3.05) is 16.6 Å². The fraction of sp³-hybridized carbons (Fsp3) is 0.240. The molecule has 0 fully saturated rings. The minimum absolute atomic E-state index is 0.206. The molecule has 0 aliphatic carbocycles. The van der Waals surface area contributed by atoms with E-state index in [0.717, 1.165) is 30.8 Å². The predicted octanol–water partition coefficient (Wildman–Crippen LogP) is 5.25. The maximum Gasteiger partial charge on any atom is 0.261 e. The van der Waals surface area contributed by atoms with Crippen molar-refractivity contribution in [3.8, 4) is 0 Å². The number of carbonyl (C=O) groups excluding carboxylic acids is 1. The highest BCUT2D eigenvalue weighted by atomic mass is 32.2. The lowest BCUT2D eigenvalue weighted by Crippen LogP contribution is -2.29. The number of halogens is 2. The summed E-state index contributed by atoms with van der Waals surface area (Å²) in [5.41, 5.74) is 2.30. The summed E-state index contributed by atoms with van der Waals surface area (Å²) < 4.78 is 53.5. The second-order valence-electron chi connectivity index (χ2n) is 8.07. The van der Waals surface area contributed by atoms with E-state index in [0.29, 0.717) is 23.4 Å². The lowest BCUT2D eigenvalue weighted by Gasteiger charge is -2.24. The second-order valence-corrected chi connectivity index (χ2v) is 9.75. The number of nitrogens with zero attached hydrogens (tertiary/aromatic N) is 1. The van der Waals surface area contributed by atoms with Crippen LogP contribution in [0.25, 0.3) is 0 Å². The first-order valence-electron chi connectivity index (χ1n) is 10.8. The molecule has 0 aromatic heterocycles. The Balaban J connectivity index is 1.63. The molecule has 3 aromatic carbocycles. The van der Waals surface area contributed by atoms with Crippen LogP contribution in [0.4, 0.5) is 20.2 Å². The number of sulfonamides is 1. The Morgan fingerprint density at radius 2 is 1.53 bits per heavy atom. The number of anilines is 2. The summed E-state index contributed by atoms with van der Waals surface area (Å²) in [6.07, 6.45) is 0. The number of nitrogens with one attached hydrogen (secondary N) is 2. The van der Waals surface area contributed by atoms with Crippen LogP contribution in [0.5, 0.6) is 0 Å². The minimum Gasteiger partial charge on any atom is -0.322 e. The molecule has 0 heterocycles. The van der Waals surface area contributed by atoms with Gasteiger partial charge in [0.15, 0.2) is 11.6 Å². The first-order valence-corrected chi connectivity index (χ1v) is 12.3. The maximum absolute atomic E-state index is 13.4. The lowest BCUT2D eigenvalue weighted by atomic mass is 10.1. The average molecular weight is 488 g/mol. The molecule has 0 radical (unpaired) electrons. The molecule has 1 amide bonds. The summed E-state index contributed by atoms with van der Waals surface area (Å²) in [5.74, 6) is -2.68. The van der Waals surface area contributed by atoms with Gasteiger partial charge in [0.05, 0.1) is 4.90 Å². The molecule has 0 saturated carbocycles. The molecule has 0 atom stereocenters. The van der Waals surface area contributed by atoms with Crippen molar-refractivity contribution in [2.24, 2.45) is 0 Å². The van der Waals surface area contributed by atoms with Gasteiger partial charge in [0.1, 0.15) is 0 Å². The SMILES string of the molecule is CCN(Cc1ccc(C(=O)Nc2ccc(NS(=O)(=O)c3ccc(F)c(F)c3)cc2)cc1)C(C)C. The molecular weight excluding hydrogens is 460 g/mol. The minimum atomic E-state index is -4.10. The number of amides is 1. The number of rotatable bonds is 9. The van der Waals surface area contributed by atoms with Crippen LogP contribution in [0.2, 0.25) is 0 Å². The highest BCUT2D eigenvalue weighted by Gasteiger charge is 2.17. The van der Waals surface area contributed by atoms with Crippen LogP contribution in [-0.2, 0) is 16.6 Å². The molecule has 0 aliphatic rings. The van der Waals surface area contributed by atoms with E-state index in [2.05, 4.69) is 35.7 Å². The van der Waals surface area contributed by atoms with Crippen molar-refractivity contribution in [3.63, 3.8) is 0 Å². The zero-order chi connectivity index (χ0) is 24.9. The summed E-state index contributed by atoms with van der Waals surface area (Å²) in [7, 11) is -4.10. The second kappa shape index (κ2) is 10.8. The van der Waals surface area contributed by atoms with E-state index in [1.165, 1.54) is 24.3 Å². The van der Waals surface area contributed by atoms with Crippen molar-refractivity contribution in [1.82, 2.24) is 4.90 Å².